The largest absolute Gasteiger partial charge is 0.324 e. The van der Waals surface area contributed by atoms with Crippen molar-refractivity contribution in [2.75, 3.05) is 5.32 Å². The Kier molecular flexibility index (Phi) is 3.26. The fourth-order valence-electron chi connectivity index (χ4n) is 2.77. The minimum Gasteiger partial charge on any atom is -0.324 e. The van der Waals surface area contributed by atoms with E-state index in [9.17, 15) is 4.79 Å². The van der Waals surface area contributed by atoms with Gasteiger partial charge >= 0.3 is 0 Å². The SMILES string of the molecule is Cc1cc(NC(=O)C2CCc3ccccc32)cnc1C. The van der Waals surface area contributed by atoms with Crippen molar-refractivity contribution in [3.8, 4) is 0 Å². The number of anilines is 1. The molecule has 1 unspecified atom stereocenters. The van der Waals surface area contributed by atoms with Crippen molar-refractivity contribution in [2.45, 2.75) is 32.6 Å². The molecule has 0 spiro atoms. The van der Waals surface area contributed by atoms with Gasteiger partial charge in [0, 0.05) is 5.69 Å². The number of nitrogens with one attached hydrogen (secondary N) is 1. The van der Waals surface area contributed by atoms with Crippen LogP contribution in [0.1, 0.15) is 34.7 Å². The van der Waals surface area contributed by atoms with Gasteiger partial charge in [0.1, 0.15) is 0 Å². The monoisotopic (exact) mass is 266 g/mol. The molecule has 0 saturated carbocycles. The molecule has 1 aliphatic rings. The molecule has 2 aromatic rings. The smallest absolute Gasteiger partial charge is 0.231 e. The zero-order valence-corrected chi connectivity index (χ0v) is 11.8. The van der Waals surface area contributed by atoms with Crippen molar-refractivity contribution in [3.05, 3.63) is 58.9 Å². The third kappa shape index (κ3) is 2.31. The number of carbonyl (C=O) groups is 1. The highest BCUT2D eigenvalue weighted by atomic mass is 16.1. The molecule has 0 aliphatic heterocycles. The molecular weight excluding hydrogens is 248 g/mol. The summed E-state index contributed by atoms with van der Waals surface area (Å²) in [6.45, 7) is 3.97. The van der Waals surface area contributed by atoms with Gasteiger partial charge in [0.05, 0.1) is 17.8 Å². The zero-order valence-electron chi connectivity index (χ0n) is 11.8. The van der Waals surface area contributed by atoms with Gasteiger partial charge in [-0.25, -0.2) is 0 Å². The molecule has 0 bridgehead atoms. The second-order valence-corrected chi connectivity index (χ2v) is 5.41. The number of rotatable bonds is 2. The van der Waals surface area contributed by atoms with Gasteiger partial charge in [-0.3, -0.25) is 9.78 Å². The van der Waals surface area contributed by atoms with Crippen LogP contribution in [0.2, 0.25) is 0 Å². The van der Waals surface area contributed by atoms with Gasteiger partial charge in [-0.05, 0) is 49.4 Å². The first-order chi connectivity index (χ1) is 9.65. The fraction of sp³-hybridized carbons (Fsp3) is 0.294. The third-order valence-electron chi connectivity index (χ3n) is 4.06. The first-order valence-corrected chi connectivity index (χ1v) is 6.97. The van der Waals surface area contributed by atoms with Crippen molar-refractivity contribution in [2.24, 2.45) is 0 Å². The first-order valence-electron chi connectivity index (χ1n) is 6.97. The maximum Gasteiger partial charge on any atom is 0.231 e. The quantitative estimate of drug-likeness (QED) is 0.905. The maximum absolute atomic E-state index is 12.4. The van der Waals surface area contributed by atoms with Crippen LogP contribution in [0.15, 0.2) is 36.5 Å². The van der Waals surface area contributed by atoms with Gasteiger partial charge in [-0.2, -0.15) is 0 Å². The summed E-state index contributed by atoms with van der Waals surface area (Å²) in [5, 5.41) is 2.99. The van der Waals surface area contributed by atoms with Crippen molar-refractivity contribution < 1.29 is 4.79 Å². The Morgan fingerprint density at radius 1 is 1.30 bits per heavy atom. The van der Waals surface area contributed by atoms with Gasteiger partial charge in [-0.15, -0.1) is 0 Å². The summed E-state index contributed by atoms with van der Waals surface area (Å²) < 4.78 is 0. The Bertz CT molecular complexity index is 664. The van der Waals surface area contributed by atoms with Crippen LogP contribution in [0, 0.1) is 13.8 Å². The number of aromatic nitrogens is 1. The highest BCUT2D eigenvalue weighted by Crippen LogP contribution is 2.33. The number of hydrogen-bond donors (Lipinski definition) is 1. The number of fused-ring (bicyclic) bond motifs is 1. The summed E-state index contributed by atoms with van der Waals surface area (Å²) >= 11 is 0. The number of carbonyl (C=O) groups excluding carboxylic acids is 1. The van der Waals surface area contributed by atoms with Gasteiger partial charge in [-0.1, -0.05) is 24.3 Å². The molecule has 1 atom stereocenters. The minimum atomic E-state index is -0.0344. The van der Waals surface area contributed by atoms with Crippen molar-refractivity contribution >= 4 is 11.6 Å². The van der Waals surface area contributed by atoms with Gasteiger partial charge in [0.25, 0.3) is 0 Å². The Balaban J connectivity index is 1.79. The predicted octanol–water partition coefficient (Wildman–Crippen LogP) is 3.37. The Labute approximate surface area is 119 Å². The van der Waals surface area contributed by atoms with E-state index in [2.05, 4.69) is 22.4 Å². The van der Waals surface area contributed by atoms with Crippen LogP contribution in [-0.2, 0) is 11.2 Å². The topological polar surface area (TPSA) is 42.0 Å². The second-order valence-electron chi connectivity index (χ2n) is 5.41. The molecule has 0 radical (unpaired) electrons. The number of hydrogen-bond acceptors (Lipinski definition) is 2. The first kappa shape index (κ1) is 12.9. The lowest BCUT2D eigenvalue weighted by Gasteiger charge is -2.13. The molecule has 0 fully saturated rings. The fourth-order valence-corrected chi connectivity index (χ4v) is 2.77. The molecule has 1 aromatic carbocycles. The van der Waals surface area contributed by atoms with E-state index in [1.165, 1.54) is 11.1 Å². The third-order valence-corrected chi connectivity index (χ3v) is 4.06. The number of aryl methyl sites for hydroxylation is 3. The summed E-state index contributed by atoms with van der Waals surface area (Å²) in [5.41, 5.74) is 5.33. The Morgan fingerprint density at radius 2 is 2.10 bits per heavy atom. The van der Waals surface area contributed by atoms with E-state index in [-0.39, 0.29) is 11.8 Å². The molecule has 1 aromatic heterocycles. The maximum atomic E-state index is 12.4. The van der Waals surface area contributed by atoms with Crippen molar-refractivity contribution in [1.82, 2.24) is 4.98 Å². The number of benzene rings is 1. The molecule has 1 amide bonds. The molecule has 0 saturated heterocycles. The lowest BCUT2D eigenvalue weighted by molar-refractivity contribution is -0.117. The van der Waals surface area contributed by atoms with E-state index in [1.54, 1.807) is 6.20 Å². The van der Waals surface area contributed by atoms with Crippen LogP contribution in [0.25, 0.3) is 0 Å². The van der Waals surface area contributed by atoms with Crippen molar-refractivity contribution in [1.29, 1.82) is 0 Å². The minimum absolute atomic E-state index is 0.0344. The molecule has 1 N–H and O–H groups in total. The summed E-state index contributed by atoms with van der Waals surface area (Å²) in [6, 6.07) is 10.2. The van der Waals surface area contributed by atoms with Gasteiger partial charge in [0.2, 0.25) is 5.91 Å². The summed E-state index contributed by atoms with van der Waals surface area (Å²) in [5.74, 6) is 0.0350. The summed E-state index contributed by atoms with van der Waals surface area (Å²) in [4.78, 5) is 16.7. The van der Waals surface area contributed by atoms with Gasteiger partial charge < -0.3 is 5.32 Å². The van der Waals surface area contributed by atoms with E-state index in [4.69, 9.17) is 0 Å². The summed E-state index contributed by atoms with van der Waals surface area (Å²) in [7, 11) is 0. The average molecular weight is 266 g/mol. The standard InChI is InChI=1S/C17H18N2O/c1-11-9-14(10-18-12(11)2)19-17(20)16-8-7-13-5-3-4-6-15(13)16/h3-6,9-10,16H,7-8H2,1-2H3,(H,19,20). The molecule has 3 heteroatoms. The molecule has 3 nitrogen and oxygen atoms in total. The van der Waals surface area contributed by atoms with Crippen LogP contribution < -0.4 is 5.32 Å². The van der Waals surface area contributed by atoms with Crippen LogP contribution in [0.4, 0.5) is 5.69 Å². The Hall–Kier alpha value is -2.16. The highest BCUT2D eigenvalue weighted by molar-refractivity contribution is 5.96. The lowest BCUT2D eigenvalue weighted by Crippen LogP contribution is -2.19. The van der Waals surface area contributed by atoms with Crippen LogP contribution in [0.5, 0.6) is 0 Å². The zero-order chi connectivity index (χ0) is 14.1. The predicted molar refractivity (Wildman–Crippen MR) is 79.8 cm³/mol. The van der Waals surface area contributed by atoms with E-state index in [0.29, 0.717) is 0 Å². The van der Waals surface area contributed by atoms with E-state index < -0.39 is 0 Å². The molecule has 1 heterocycles. The molecular formula is C17H18N2O. The number of amides is 1. The van der Waals surface area contributed by atoms with Crippen LogP contribution in [0.3, 0.4) is 0 Å². The normalized spacial score (nSPS) is 16.8. The molecule has 20 heavy (non-hydrogen) atoms. The second kappa shape index (κ2) is 5.08. The lowest BCUT2D eigenvalue weighted by atomic mass is 10.0. The molecule has 3 rings (SSSR count). The van der Waals surface area contributed by atoms with Gasteiger partial charge in [0.15, 0.2) is 0 Å². The van der Waals surface area contributed by atoms with E-state index in [1.807, 2.05) is 32.0 Å². The molecule has 102 valence electrons. The van der Waals surface area contributed by atoms with Crippen molar-refractivity contribution in [3.63, 3.8) is 0 Å². The molecule has 1 aliphatic carbocycles. The van der Waals surface area contributed by atoms with Crippen LogP contribution in [-0.4, -0.2) is 10.9 Å². The average Bonchev–Trinajstić information content (AvgIpc) is 2.87. The highest BCUT2D eigenvalue weighted by Gasteiger charge is 2.28. The van der Waals surface area contributed by atoms with E-state index in [0.717, 1.165) is 29.8 Å². The number of pyridine rings is 1. The summed E-state index contributed by atoms with van der Waals surface area (Å²) in [6.07, 6.45) is 3.60. The Morgan fingerprint density at radius 3 is 2.90 bits per heavy atom. The number of nitrogens with zero attached hydrogens (tertiary/aromatic N) is 1. The van der Waals surface area contributed by atoms with Crippen LogP contribution >= 0.6 is 0 Å². The van der Waals surface area contributed by atoms with E-state index >= 15 is 0 Å².